The minimum atomic E-state index is -1.43. The van der Waals surface area contributed by atoms with Crippen molar-refractivity contribution in [2.75, 3.05) is 6.54 Å². The smallest absolute Gasteiger partial charge is 0.318 e. The third kappa shape index (κ3) is 3.53. The van der Waals surface area contributed by atoms with Crippen LogP contribution in [0.2, 0.25) is 0 Å². The van der Waals surface area contributed by atoms with Crippen molar-refractivity contribution in [2.24, 2.45) is 5.41 Å². The van der Waals surface area contributed by atoms with Gasteiger partial charge in [0.15, 0.2) is 0 Å². The Hall–Kier alpha value is -1.91. The molecule has 5 heteroatoms. The Balaban J connectivity index is 2.72. The Morgan fingerprint density at radius 1 is 1.32 bits per heavy atom. The zero-order valence-electron chi connectivity index (χ0n) is 11.7. The van der Waals surface area contributed by atoms with Crippen molar-refractivity contribution in [3.05, 3.63) is 30.1 Å². The monoisotopic (exact) mass is 264 g/mol. The summed E-state index contributed by atoms with van der Waals surface area (Å²) in [5.41, 5.74) is -0.743. The van der Waals surface area contributed by atoms with Gasteiger partial charge in [-0.15, -0.1) is 0 Å². The number of carboxylic acids is 1. The largest absolute Gasteiger partial charge is 0.480 e. The molecule has 0 aromatic carbocycles. The van der Waals surface area contributed by atoms with E-state index in [1.165, 1.54) is 13.8 Å². The van der Waals surface area contributed by atoms with Crippen LogP contribution in [0.5, 0.6) is 0 Å². The van der Waals surface area contributed by atoms with Crippen LogP contribution in [0.15, 0.2) is 24.5 Å². The molecule has 2 N–H and O–H groups in total. The van der Waals surface area contributed by atoms with Crippen molar-refractivity contribution in [3.8, 4) is 0 Å². The van der Waals surface area contributed by atoms with E-state index >= 15 is 0 Å². The summed E-state index contributed by atoms with van der Waals surface area (Å²) in [6, 6.07) is 3.77. The third-order valence-electron chi connectivity index (χ3n) is 3.24. The highest BCUT2D eigenvalue weighted by Gasteiger charge is 2.36. The standard InChI is InChI=1S/C14H20N2O3/c1-13(2,10-6-5-7-15-8-10)9-16-11(17)14(3,4)12(18)19/h5-8H,9H2,1-4H3,(H,16,17)(H,18,19). The van der Waals surface area contributed by atoms with Crippen molar-refractivity contribution in [1.82, 2.24) is 10.3 Å². The van der Waals surface area contributed by atoms with Gasteiger partial charge in [0.1, 0.15) is 5.41 Å². The lowest BCUT2D eigenvalue weighted by molar-refractivity contribution is -0.153. The van der Waals surface area contributed by atoms with Crippen LogP contribution in [-0.2, 0) is 15.0 Å². The van der Waals surface area contributed by atoms with Crippen LogP contribution in [0.25, 0.3) is 0 Å². The van der Waals surface area contributed by atoms with E-state index in [2.05, 4.69) is 10.3 Å². The number of amides is 1. The predicted octanol–water partition coefficient (Wildman–Crippen LogP) is 1.59. The average Bonchev–Trinajstić information content (AvgIpc) is 2.36. The molecule has 0 aliphatic carbocycles. The number of hydrogen-bond acceptors (Lipinski definition) is 3. The number of hydrogen-bond donors (Lipinski definition) is 2. The Morgan fingerprint density at radius 2 is 1.95 bits per heavy atom. The summed E-state index contributed by atoms with van der Waals surface area (Å²) in [6.45, 7) is 7.08. The topological polar surface area (TPSA) is 79.3 Å². The molecular formula is C14H20N2O3. The SMILES string of the molecule is CC(C)(C(=O)O)C(=O)NCC(C)(C)c1cccnc1. The van der Waals surface area contributed by atoms with Crippen LogP contribution in [0.3, 0.4) is 0 Å². The summed E-state index contributed by atoms with van der Waals surface area (Å²) in [5.74, 6) is -1.62. The Morgan fingerprint density at radius 3 is 2.42 bits per heavy atom. The van der Waals surface area contributed by atoms with Gasteiger partial charge in [-0.05, 0) is 25.5 Å². The molecular weight excluding hydrogens is 244 g/mol. The third-order valence-corrected chi connectivity index (χ3v) is 3.24. The quantitative estimate of drug-likeness (QED) is 0.791. The fraction of sp³-hybridized carbons (Fsp3) is 0.500. The minimum Gasteiger partial charge on any atom is -0.480 e. The van der Waals surface area contributed by atoms with E-state index in [-0.39, 0.29) is 5.41 Å². The van der Waals surface area contributed by atoms with Gasteiger partial charge < -0.3 is 10.4 Å². The van der Waals surface area contributed by atoms with Crippen molar-refractivity contribution in [3.63, 3.8) is 0 Å². The van der Waals surface area contributed by atoms with Crippen LogP contribution in [0.1, 0.15) is 33.3 Å². The summed E-state index contributed by atoms with van der Waals surface area (Å²) >= 11 is 0. The van der Waals surface area contributed by atoms with Crippen molar-refractivity contribution in [2.45, 2.75) is 33.1 Å². The second-order valence-corrected chi connectivity index (χ2v) is 5.74. The zero-order chi connectivity index (χ0) is 14.7. The molecule has 0 radical (unpaired) electrons. The van der Waals surface area contributed by atoms with E-state index in [9.17, 15) is 9.59 Å². The van der Waals surface area contributed by atoms with E-state index in [1.807, 2.05) is 26.0 Å². The maximum atomic E-state index is 11.9. The molecule has 0 bridgehead atoms. The molecule has 104 valence electrons. The first-order valence-corrected chi connectivity index (χ1v) is 6.10. The summed E-state index contributed by atoms with van der Waals surface area (Å²) in [7, 11) is 0. The molecule has 0 atom stereocenters. The van der Waals surface area contributed by atoms with Gasteiger partial charge in [-0.1, -0.05) is 19.9 Å². The molecule has 19 heavy (non-hydrogen) atoms. The molecule has 1 rings (SSSR count). The molecule has 1 aromatic rings. The number of pyridine rings is 1. The molecule has 0 fully saturated rings. The molecule has 5 nitrogen and oxygen atoms in total. The molecule has 0 spiro atoms. The number of rotatable bonds is 5. The number of nitrogens with zero attached hydrogens (tertiary/aromatic N) is 1. The van der Waals surface area contributed by atoms with Crippen LogP contribution >= 0.6 is 0 Å². The molecule has 1 amide bonds. The minimum absolute atomic E-state index is 0.307. The maximum absolute atomic E-state index is 11.9. The summed E-state index contributed by atoms with van der Waals surface area (Å²) in [5, 5.41) is 11.7. The van der Waals surface area contributed by atoms with Crippen molar-refractivity contribution >= 4 is 11.9 Å². The number of aromatic nitrogens is 1. The first kappa shape index (κ1) is 15.1. The number of nitrogens with one attached hydrogen (secondary N) is 1. The van der Waals surface area contributed by atoms with Gasteiger partial charge >= 0.3 is 5.97 Å². The van der Waals surface area contributed by atoms with E-state index in [0.717, 1.165) is 5.56 Å². The van der Waals surface area contributed by atoms with Crippen LogP contribution in [-0.4, -0.2) is 28.5 Å². The van der Waals surface area contributed by atoms with E-state index in [1.54, 1.807) is 12.4 Å². The Bertz CT molecular complexity index is 467. The first-order chi connectivity index (χ1) is 8.68. The number of aliphatic carboxylic acids is 1. The Kier molecular flexibility index (Phi) is 4.29. The molecule has 0 saturated heterocycles. The van der Waals surface area contributed by atoms with Gasteiger partial charge in [0.25, 0.3) is 0 Å². The Labute approximate surface area is 113 Å². The number of carbonyl (C=O) groups is 2. The van der Waals surface area contributed by atoms with Gasteiger partial charge in [0.2, 0.25) is 5.91 Å². The second kappa shape index (κ2) is 5.38. The van der Waals surface area contributed by atoms with Crippen LogP contribution in [0.4, 0.5) is 0 Å². The zero-order valence-corrected chi connectivity index (χ0v) is 11.7. The van der Waals surface area contributed by atoms with Crippen molar-refractivity contribution in [1.29, 1.82) is 0 Å². The lowest BCUT2D eigenvalue weighted by Gasteiger charge is -2.27. The summed E-state index contributed by atoms with van der Waals surface area (Å²) < 4.78 is 0. The molecule has 0 unspecified atom stereocenters. The maximum Gasteiger partial charge on any atom is 0.318 e. The average molecular weight is 264 g/mol. The van der Waals surface area contributed by atoms with Crippen LogP contribution in [0, 0.1) is 5.41 Å². The van der Waals surface area contributed by atoms with Gasteiger partial charge in [-0.25, -0.2) is 0 Å². The fourth-order valence-corrected chi connectivity index (χ4v) is 1.48. The normalized spacial score (nSPS) is 12.0. The van der Waals surface area contributed by atoms with Crippen molar-refractivity contribution < 1.29 is 14.7 Å². The number of carboxylic acid groups (broad SMARTS) is 1. The van der Waals surface area contributed by atoms with Gasteiger partial charge in [0.05, 0.1) is 0 Å². The van der Waals surface area contributed by atoms with Gasteiger partial charge in [0, 0.05) is 24.4 Å². The lowest BCUT2D eigenvalue weighted by atomic mass is 9.85. The molecule has 0 aliphatic rings. The number of carbonyl (C=O) groups excluding carboxylic acids is 1. The van der Waals surface area contributed by atoms with E-state index in [0.29, 0.717) is 6.54 Å². The fourth-order valence-electron chi connectivity index (χ4n) is 1.48. The first-order valence-electron chi connectivity index (χ1n) is 6.10. The molecule has 0 aliphatic heterocycles. The van der Waals surface area contributed by atoms with Crippen LogP contribution < -0.4 is 5.32 Å². The van der Waals surface area contributed by atoms with Gasteiger partial charge in [-0.2, -0.15) is 0 Å². The molecule has 0 saturated carbocycles. The summed E-state index contributed by atoms with van der Waals surface area (Å²) in [4.78, 5) is 26.9. The van der Waals surface area contributed by atoms with E-state index in [4.69, 9.17) is 5.11 Å². The summed E-state index contributed by atoms with van der Waals surface area (Å²) in [6.07, 6.45) is 3.43. The lowest BCUT2D eigenvalue weighted by Crippen LogP contribution is -2.46. The predicted molar refractivity (Wildman–Crippen MR) is 71.7 cm³/mol. The molecule has 1 heterocycles. The van der Waals surface area contributed by atoms with Gasteiger partial charge in [-0.3, -0.25) is 14.6 Å². The second-order valence-electron chi connectivity index (χ2n) is 5.74. The van der Waals surface area contributed by atoms with E-state index < -0.39 is 17.3 Å². The highest BCUT2D eigenvalue weighted by atomic mass is 16.4. The highest BCUT2D eigenvalue weighted by molar-refractivity contribution is 6.00. The molecule has 1 aromatic heterocycles. The highest BCUT2D eigenvalue weighted by Crippen LogP contribution is 2.22.